The summed E-state index contributed by atoms with van der Waals surface area (Å²) in [6.45, 7) is 1.68. The maximum Gasteiger partial charge on any atom is 0.316 e. The van der Waals surface area contributed by atoms with E-state index in [1.54, 1.807) is 25.4 Å². The van der Waals surface area contributed by atoms with Crippen molar-refractivity contribution in [3.63, 3.8) is 0 Å². The first-order valence-corrected chi connectivity index (χ1v) is 6.76. The SMILES string of the molecule is COC(=O)[C@]1(C)c2ccncc2C[C@H]2C(=O)N(C)C(=O)[C@H]21. The van der Waals surface area contributed by atoms with Crippen molar-refractivity contribution in [1.29, 1.82) is 0 Å². The molecule has 0 unspecified atom stereocenters. The summed E-state index contributed by atoms with van der Waals surface area (Å²) < 4.78 is 4.94. The Morgan fingerprint density at radius 3 is 2.81 bits per heavy atom. The number of likely N-dealkylation sites (tertiary alicyclic amines) is 1. The summed E-state index contributed by atoms with van der Waals surface area (Å²) in [4.78, 5) is 42.4. The minimum atomic E-state index is -1.16. The van der Waals surface area contributed by atoms with E-state index in [0.29, 0.717) is 6.42 Å². The molecule has 0 aromatic carbocycles. The van der Waals surface area contributed by atoms with Gasteiger partial charge < -0.3 is 4.74 Å². The summed E-state index contributed by atoms with van der Waals surface area (Å²) in [7, 11) is 2.76. The number of carbonyl (C=O) groups is 3. The van der Waals surface area contributed by atoms with Crippen LogP contribution in [-0.4, -0.2) is 41.8 Å². The quantitative estimate of drug-likeness (QED) is 0.549. The second-order valence-electron chi connectivity index (χ2n) is 5.75. The lowest BCUT2D eigenvalue weighted by atomic mass is 9.61. The van der Waals surface area contributed by atoms with E-state index in [0.717, 1.165) is 16.0 Å². The van der Waals surface area contributed by atoms with Crippen molar-refractivity contribution in [2.24, 2.45) is 11.8 Å². The molecule has 1 aliphatic carbocycles. The lowest BCUT2D eigenvalue weighted by Gasteiger charge is -2.39. The molecule has 1 aliphatic heterocycles. The monoisotopic (exact) mass is 288 g/mol. The molecule has 21 heavy (non-hydrogen) atoms. The molecule has 6 heteroatoms. The van der Waals surface area contributed by atoms with E-state index in [9.17, 15) is 14.4 Å². The Kier molecular flexibility index (Phi) is 2.86. The van der Waals surface area contributed by atoms with Crippen molar-refractivity contribution in [3.8, 4) is 0 Å². The minimum absolute atomic E-state index is 0.241. The number of amides is 2. The third-order valence-corrected chi connectivity index (χ3v) is 4.78. The zero-order valence-electron chi connectivity index (χ0n) is 12.1. The zero-order chi connectivity index (χ0) is 15.4. The van der Waals surface area contributed by atoms with Gasteiger partial charge in [0.1, 0.15) is 5.41 Å². The van der Waals surface area contributed by atoms with E-state index in [-0.39, 0.29) is 11.8 Å². The highest BCUT2D eigenvalue weighted by atomic mass is 16.5. The van der Waals surface area contributed by atoms with E-state index in [1.807, 2.05) is 0 Å². The molecule has 0 saturated carbocycles. The molecule has 0 N–H and O–H groups in total. The number of hydrogen-bond donors (Lipinski definition) is 0. The first-order valence-electron chi connectivity index (χ1n) is 6.76. The number of ether oxygens (including phenoxy) is 1. The fourth-order valence-corrected chi connectivity index (χ4v) is 3.68. The Morgan fingerprint density at radius 2 is 2.14 bits per heavy atom. The second-order valence-corrected chi connectivity index (χ2v) is 5.75. The lowest BCUT2D eigenvalue weighted by molar-refractivity contribution is -0.153. The summed E-state index contributed by atoms with van der Waals surface area (Å²) >= 11 is 0. The van der Waals surface area contributed by atoms with Crippen molar-refractivity contribution >= 4 is 17.8 Å². The van der Waals surface area contributed by atoms with Gasteiger partial charge >= 0.3 is 5.97 Å². The predicted molar refractivity (Wildman–Crippen MR) is 72.1 cm³/mol. The van der Waals surface area contributed by atoms with Gasteiger partial charge in [-0.05, 0) is 30.5 Å². The molecule has 2 amide bonds. The number of methoxy groups -OCH3 is 1. The number of carbonyl (C=O) groups excluding carboxylic acids is 3. The molecule has 0 bridgehead atoms. The largest absolute Gasteiger partial charge is 0.468 e. The van der Waals surface area contributed by atoms with Crippen LogP contribution in [0.4, 0.5) is 0 Å². The van der Waals surface area contributed by atoms with Crippen LogP contribution in [0.3, 0.4) is 0 Å². The Hall–Kier alpha value is -2.24. The van der Waals surface area contributed by atoms with Crippen molar-refractivity contribution in [3.05, 3.63) is 29.6 Å². The first-order chi connectivity index (χ1) is 9.92. The summed E-state index contributed by atoms with van der Waals surface area (Å²) in [5, 5.41) is 0. The summed E-state index contributed by atoms with van der Waals surface area (Å²) in [5.41, 5.74) is 0.387. The number of fused-ring (bicyclic) bond motifs is 2. The molecule has 1 aromatic rings. The normalized spacial score (nSPS) is 30.9. The van der Waals surface area contributed by atoms with Gasteiger partial charge in [-0.2, -0.15) is 0 Å². The third kappa shape index (κ3) is 1.58. The van der Waals surface area contributed by atoms with E-state index >= 15 is 0 Å². The number of pyridine rings is 1. The number of esters is 1. The highest BCUT2D eigenvalue weighted by molar-refractivity contribution is 6.09. The summed E-state index contributed by atoms with van der Waals surface area (Å²) in [5.74, 6) is -2.29. The van der Waals surface area contributed by atoms with E-state index < -0.39 is 23.2 Å². The van der Waals surface area contributed by atoms with Crippen LogP contribution < -0.4 is 0 Å². The zero-order valence-corrected chi connectivity index (χ0v) is 12.1. The van der Waals surface area contributed by atoms with Gasteiger partial charge in [0.05, 0.1) is 18.9 Å². The van der Waals surface area contributed by atoms with Gasteiger partial charge in [0.15, 0.2) is 0 Å². The van der Waals surface area contributed by atoms with Gasteiger partial charge in [0.2, 0.25) is 11.8 Å². The summed E-state index contributed by atoms with van der Waals surface area (Å²) in [6, 6.07) is 1.73. The topological polar surface area (TPSA) is 76.6 Å². The minimum Gasteiger partial charge on any atom is -0.468 e. The lowest BCUT2D eigenvalue weighted by Crippen LogP contribution is -2.50. The molecule has 110 valence electrons. The number of nitrogens with zero attached hydrogens (tertiary/aromatic N) is 2. The fourth-order valence-electron chi connectivity index (χ4n) is 3.68. The molecule has 0 radical (unpaired) electrons. The van der Waals surface area contributed by atoms with Crippen LogP contribution in [0.2, 0.25) is 0 Å². The standard InChI is InChI=1S/C15H16N2O4/c1-15(14(20)21-3)10-4-5-16-7-8(10)6-9-11(15)13(19)17(2)12(9)18/h4-5,7,9,11H,6H2,1-3H3/t9-,11+,15-/m1/s1. The average Bonchev–Trinajstić information content (AvgIpc) is 2.71. The number of aromatic nitrogens is 1. The van der Waals surface area contributed by atoms with Crippen molar-refractivity contribution in [2.45, 2.75) is 18.8 Å². The molecule has 2 aliphatic rings. The highest BCUT2D eigenvalue weighted by Gasteiger charge is 2.61. The average molecular weight is 288 g/mol. The smallest absolute Gasteiger partial charge is 0.316 e. The molecule has 3 atom stereocenters. The van der Waals surface area contributed by atoms with E-state index in [4.69, 9.17) is 4.74 Å². The van der Waals surface area contributed by atoms with Crippen LogP contribution >= 0.6 is 0 Å². The van der Waals surface area contributed by atoms with Gasteiger partial charge in [-0.25, -0.2) is 0 Å². The molecule has 2 heterocycles. The molecular formula is C15H16N2O4. The van der Waals surface area contributed by atoms with Crippen LogP contribution in [0.5, 0.6) is 0 Å². The van der Waals surface area contributed by atoms with Gasteiger partial charge in [-0.1, -0.05) is 0 Å². The van der Waals surface area contributed by atoms with Crippen LogP contribution in [0.15, 0.2) is 18.5 Å². The molecule has 1 saturated heterocycles. The van der Waals surface area contributed by atoms with Crippen LogP contribution in [0.25, 0.3) is 0 Å². The molecule has 3 rings (SSSR count). The molecular weight excluding hydrogens is 272 g/mol. The fraction of sp³-hybridized carbons (Fsp3) is 0.467. The van der Waals surface area contributed by atoms with Gasteiger partial charge in [-0.3, -0.25) is 24.3 Å². The van der Waals surface area contributed by atoms with Crippen LogP contribution in [0, 0.1) is 11.8 Å². The van der Waals surface area contributed by atoms with Crippen LogP contribution in [-0.2, 0) is 31.0 Å². The van der Waals surface area contributed by atoms with Crippen molar-refractivity contribution in [1.82, 2.24) is 9.88 Å². The predicted octanol–water partition coefficient (Wildman–Crippen LogP) is 0.299. The maximum absolute atomic E-state index is 12.5. The summed E-state index contributed by atoms with van der Waals surface area (Å²) in [6.07, 6.45) is 3.67. The van der Waals surface area contributed by atoms with Gasteiger partial charge in [-0.15, -0.1) is 0 Å². The Balaban J connectivity index is 2.25. The Bertz CT molecular complexity index is 657. The highest BCUT2D eigenvalue weighted by Crippen LogP contribution is 2.48. The van der Waals surface area contributed by atoms with Gasteiger partial charge in [0, 0.05) is 19.4 Å². The van der Waals surface area contributed by atoms with E-state index in [1.165, 1.54) is 14.2 Å². The molecule has 6 nitrogen and oxygen atoms in total. The third-order valence-electron chi connectivity index (χ3n) is 4.78. The van der Waals surface area contributed by atoms with Gasteiger partial charge in [0.25, 0.3) is 0 Å². The van der Waals surface area contributed by atoms with Crippen LogP contribution in [0.1, 0.15) is 18.1 Å². The number of imide groups is 1. The Labute approximate surface area is 122 Å². The first kappa shape index (κ1) is 13.7. The second kappa shape index (κ2) is 4.38. The maximum atomic E-state index is 12.5. The van der Waals surface area contributed by atoms with Crippen molar-refractivity contribution < 1.29 is 19.1 Å². The molecule has 1 fully saturated rings. The Morgan fingerprint density at radius 1 is 1.43 bits per heavy atom. The molecule has 1 aromatic heterocycles. The number of rotatable bonds is 1. The van der Waals surface area contributed by atoms with E-state index in [2.05, 4.69) is 4.98 Å². The number of hydrogen-bond acceptors (Lipinski definition) is 5. The van der Waals surface area contributed by atoms with Crippen molar-refractivity contribution in [2.75, 3.05) is 14.2 Å². The molecule has 0 spiro atoms.